The number of halogens is 1. The Labute approximate surface area is 79.3 Å². The Balaban J connectivity index is 4.30. The van der Waals surface area contributed by atoms with Gasteiger partial charge in [0.1, 0.15) is 6.04 Å². The van der Waals surface area contributed by atoms with Gasteiger partial charge in [-0.25, -0.2) is 9.18 Å². The summed E-state index contributed by atoms with van der Waals surface area (Å²) in [5.74, 6) is -3.28. The van der Waals surface area contributed by atoms with E-state index in [4.69, 9.17) is 5.11 Å². The maximum Gasteiger partial charge on any atom is 0.326 e. The van der Waals surface area contributed by atoms with E-state index in [1.807, 2.05) is 5.32 Å². The van der Waals surface area contributed by atoms with E-state index in [0.717, 1.165) is 6.92 Å². The molecular weight excluding hydrogens is 195 g/mol. The number of hydrogen-bond acceptors (Lipinski definition) is 3. The van der Waals surface area contributed by atoms with E-state index in [1.165, 1.54) is 0 Å². The van der Waals surface area contributed by atoms with E-state index in [0.29, 0.717) is 0 Å². The van der Waals surface area contributed by atoms with Gasteiger partial charge in [-0.2, -0.15) is 0 Å². The van der Waals surface area contributed by atoms with Crippen LogP contribution in [0.3, 0.4) is 0 Å². The number of carbonyl (C=O) groups excluding carboxylic acids is 2. The molecular formula is C7H11FN2O4. The number of carbonyl (C=O) groups is 3. The van der Waals surface area contributed by atoms with Crippen LogP contribution in [0.4, 0.5) is 4.39 Å². The van der Waals surface area contributed by atoms with Gasteiger partial charge in [-0.15, -0.1) is 0 Å². The van der Waals surface area contributed by atoms with Crippen LogP contribution in [0.2, 0.25) is 0 Å². The smallest absolute Gasteiger partial charge is 0.326 e. The third-order valence-electron chi connectivity index (χ3n) is 1.43. The minimum atomic E-state index is -2.08. The molecule has 7 heteroatoms. The van der Waals surface area contributed by atoms with Crippen LogP contribution in [-0.2, 0) is 14.4 Å². The molecule has 0 aromatic rings. The second-order valence-electron chi connectivity index (χ2n) is 2.70. The van der Waals surface area contributed by atoms with Crippen LogP contribution in [0.15, 0.2) is 0 Å². The Kier molecular flexibility index (Phi) is 4.54. The summed E-state index contributed by atoms with van der Waals surface area (Å²) in [7, 11) is 0. The van der Waals surface area contributed by atoms with E-state index in [2.05, 4.69) is 5.73 Å². The van der Waals surface area contributed by atoms with E-state index >= 15 is 0 Å². The van der Waals surface area contributed by atoms with Crippen molar-refractivity contribution in [3.63, 3.8) is 0 Å². The SMILES string of the molecule is CC(=O)N[C@H](C[C@@H](F)C(N)=O)C(=O)O. The fourth-order valence-electron chi connectivity index (χ4n) is 0.790. The number of hydrogen-bond donors (Lipinski definition) is 3. The van der Waals surface area contributed by atoms with Crippen molar-refractivity contribution >= 4 is 17.8 Å². The number of nitrogens with two attached hydrogens (primary N) is 1. The first kappa shape index (κ1) is 12.3. The van der Waals surface area contributed by atoms with Crippen LogP contribution in [0.1, 0.15) is 13.3 Å². The van der Waals surface area contributed by atoms with E-state index in [1.54, 1.807) is 0 Å². The summed E-state index contributed by atoms with van der Waals surface area (Å²) < 4.78 is 12.7. The van der Waals surface area contributed by atoms with Gasteiger partial charge in [0, 0.05) is 13.3 Å². The number of rotatable bonds is 5. The van der Waals surface area contributed by atoms with Crippen molar-refractivity contribution in [2.75, 3.05) is 0 Å². The predicted molar refractivity (Wildman–Crippen MR) is 43.9 cm³/mol. The van der Waals surface area contributed by atoms with Gasteiger partial charge in [0.15, 0.2) is 6.17 Å². The first-order valence-corrected chi connectivity index (χ1v) is 3.78. The molecule has 0 aliphatic carbocycles. The molecule has 0 radical (unpaired) electrons. The summed E-state index contributed by atoms with van der Waals surface area (Å²) in [5.41, 5.74) is 4.60. The first-order valence-electron chi connectivity index (χ1n) is 3.78. The molecule has 80 valence electrons. The van der Waals surface area contributed by atoms with Crippen LogP contribution >= 0.6 is 0 Å². The zero-order chi connectivity index (χ0) is 11.3. The molecule has 0 saturated heterocycles. The van der Waals surface area contributed by atoms with Crippen molar-refractivity contribution in [1.29, 1.82) is 0 Å². The summed E-state index contributed by atoms with van der Waals surface area (Å²) in [6.45, 7) is 1.09. The minimum Gasteiger partial charge on any atom is -0.480 e. The molecule has 4 N–H and O–H groups in total. The van der Waals surface area contributed by atoms with Crippen molar-refractivity contribution in [1.82, 2.24) is 5.32 Å². The molecule has 0 aromatic carbocycles. The predicted octanol–water partition coefficient (Wildman–Crippen LogP) is -1.21. The topological polar surface area (TPSA) is 109 Å². The third-order valence-corrected chi connectivity index (χ3v) is 1.43. The van der Waals surface area contributed by atoms with Gasteiger partial charge in [0.25, 0.3) is 5.91 Å². The van der Waals surface area contributed by atoms with Crippen molar-refractivity contribution < 1.29 is 23.9 Å². The Bertz CT molecular complexity index is 256. The second kappa shape index (κ2) is 5.15. The fourth-order valence-corrected chi connectivity index (χ4v) is 0.790. The number of nitrogens with one attached hydrogen (secondary N) is 1. The number of alkyl halides is 1. The van der Waals surface area contributed by atoms with Gasteiger partial charge in [-0.1, -0.05) is 0 Å². The van der Waals surface area contributed by atoms with Gasteiger partial charge in [-0.05, 0) is 0 Å². The van der Waals surface area contributed by atoms with Crippen molar-refractivity contribution in [2.24, 2.45) is 5.73 Å². The normalized spacial score (nSPS) is 14.1. The van der Waals surface area contributed by atoms with Crippen LogP contribution in [0.5, 0.6) is 0 Å². The largest absolute Gasteiger partial charge is 0.480 e. The van der Waals surface area contributed by atoms with Crippen LogP contribution in [0, 0.1) is 0 Å². The van der Waals surface area contributed by atoms with Gasteiger partial charge in [0.05, 0.1) is 0 Å². The molecule has 6 nitrogen and oxygen atoms in total. The lowest BCUT2D eigenvalue weighted by atomic mass is 10.1. The number of carboxylic acids is 1. The average Bonchev–Trinajstić information content (AvgIpc) is 2.01. The van der Waals surface area contributed by atoms with Crippen LogP contribution < -0.4 is 11.1 Å². The maximum absolute atomic E-state index is 12.7. The molecule has 0 spiro atoms. The molecule has 0 bridgehead atoms. The standard InChI is InChI=1S/C7H11FN2O4/c1-3(11)10-5(7(13)14)2-4(8)6(9)12/h4-5H,2H2,1H3,(H2,9,12)(H,10,11)(H,13,14)/t4-,5-/m1/s1. The summed E-state index contributed by atoms with van der Waals surface area (Å²) >= 11 is 0. The van der Waals surface area contributed by atoms with Gasteiger partial charge < -0.3 is 16.2 Å². The molecule has 0 aliphatic heterocycles. The quantitative estimate of drug-likeness (QED) is 0.524. The zero-order valence-electron chi connectivity index (χ0n) is 7.49. The Morgan fingerprint density at radius 1 is 1.50 bits per heavy atom. The Morgan fingerprint density at radius 2 is 2.00 bits per heavy atom. The molecule has 0 fully saturated rings. The number of amides is 2. The molecule has 0 saturated carbocycles. The molecule has 0 aromatic heterocycles. The lowest BCUT2D eigenvalue weighted by molar-refractivity contribution is -0.142. The molecule has 0 unspecified atom stereocenters. The minimum absolute atomic E-state index is 0.617. The zero-order valence-corrected chi connectivity index (χ0v) is 7.49. The molecule has 0 heterocycles. The van der Waals surface area contributed by atoms with Crippen molar-refractivity contribution in [3.05, 3.63) is 0 Å². The maximum atomic E-state index is 12.7. The van der Waals surface area contributed by atoms with E-state index < -0.39 is 36.4 Å². The molecule has 0 aliphatic rings. The van der Waals surface area contributed by atoms with E-state index in [-0.39, 0.29) is 0 Å². The summed E-state index contributed by atoms with van der Waals surface area (Å²) in [4.78, 5) is 31.2. The highest BCUT2D eigenvalue weighted by molar-refractivity contribution is 5.84. The molecule has 2 amide bonds. The van der Waals surface area contributed by atoms with Gasteiger partial charge >= 0.3 is 5.97 Å². The third kappa shape index (κ3) is 4.39. The average molecular weight is 206 g/mol. The fraction of sp³-hybridized carbons (Fsp3) is 0.571. The Hall–Kier alpha value is -1.66. The van der Waals surface area contributed by atoms with E-state index in [9.17, 15) is 18.8 Å². The summed E-state index contributed by atoms with van der Waals surface area (Å²) in [6, 6.07) is -1.44. The highest BCUT2D eigenvalue weighted by atomic mass is 19.1. The van der Waals surface area contributed by atoms with Crippen LogP contribution in [0.25, 0.3) is 0 Å². The molecule has 2 atom stereocenters. The van der Waals surface area contributed by atoms with Gasteiger partial charge in [0.2, 0.25) is 5.91 Å². The monoisotopic (exact) mass is 206 g/mol. The van der Waals surface area contributed by atoms with Gasteiger partial charge in [-0.3, -0.25) is 9.59 Å². The highest BCUT2D eigenvalue weighted by Gasteiger charge is 2.25. The summed E-state index contributed by atoms with van der Waals surface area (Å²) in [5, 5.41) is 10.5. The first-order chi connectivity index (χ1) is 6.34. The second-order valence-corrected chi connectivity index (χ2v) is 2.70. The highest BCUT2D eigenvalue weighted by Crippen LogP contribution is 2.02. The molecule has 14 heavy (non-hydrogen) atoms. The lowest BCUT2D eigenvalue weighted by Gasteiger charge is -2.13. The van der Waals surface area contributed by atoms with Crippen molar-refractivity contribution in [2.45, 2.75) is 25.6 Å². The number of carboxylic acid groups (broad SMARTS) is 1. The lowest BCUT2D eigenvalue weighted by Crippen LogP contribution is -2.43. The van der Waals surface area contributed by atoms with Crippen LogP contribution in [-0.4, -0.2) is 35.1 Å². The molecule has 0 rings (SSSR count). The summed E-state index contributed by atoms with van der Waals surface area (Å²) in [6.07, 6.45) is -2.74. The Morgan fingerprint density at radius 3 is 2.29 bits per heavy atom. The van der Waals surface area contributed by atoms with Crippen molar-refractivity contribution in [3.8, 4) is 0 Å². The number of aliphatic carboxylic acids is 1. The number of primary amides is 1.